The number of nitrogens with zero attached hydrogens (tertiary/aromatic N) is 2. The Kier molecular flexibility index (Phi) is 3.99. The zero-order valence-electron chi connectivity index (χ0n) is 11.1. The van der Waals surface area contributed by atoms with E-state index in [1.807, 2.05) is 25.1 Å². The van der Waals surface area contributed by atoms with E-state index in [0.717, 1.165) is 15.8 Å². The van der Waals surface area contributed by atoms with Gasteiger partial charge in [0.25, 0.3) is 5.56 Å². The van der Waals surface area contributed by atoms with Crippen molar-refractivity contribution in [3.05, 3.63) is 55.9 Å². The minimum atomic E-state index is -0.635. The molecular formula is C13H16N4O3. The zero-order valence-corrected chi connectivity index (χ0v) is 11.1. The smallest absolute Gasteiger partial charge is 0.344 e. The third-order valence-electron chi connectivity index (χ3n) is 2.93. The monoisotopic (exact) mass is 276 g/mol. The molecule has 7 nitrogen and oxygen atoms in total. The first-order valence-electron chi connectivity index (χ1n) is 6.17. The standard InChI is InChI=1S/C13H16N4O3/c1-8-2-3-9(10(14)6-8)7-11-12(19)15-13(20)17(16-11)4-5-18/h2-3,6,18H,4-5,7,14H2,1H3,(H,15,19,20). The number of aromatic nitrogens is 3. The fourth-order valence-corrected chi connectivity index (χ4v) is 1.89. The van der Waals surface area contributed by atoms with Crippen LogP contribution in [0.15, 0.2) is 27.8 Å². The molecule has 1 heterocycles. The van der Waals surface area contributed by atoms with Crippen molar-refractivity contribution < 1.29 is 5.11 Å². The summed E-state index contributed by atoms with van der Waals surface area (Å²) < 4.78 is 1.03. The van der Waals surface area contributed by atoms with Crippen LogP contribution in [0, 0.1) is 6.92 Å². The van der Waals surface area contributed by atoms with Crippen LogP contribution in [0.5, 0.6) is 0 Å². The summed E-state index contributed by atoms with van der Waals surface area (Å²) in [5.74, 6) is 0. The summed E-state index contributed by atoms with van der Waals surface area (Å²) in [6, 6.07) is 5.53. The predicted octanol–water partition coefficient (Wildman–Crippen LogP) is -0.595. The van der Waals surface area contributed by atoms with Crippen molar-refractivity contribution in [3.63, 3.8) is 0 Å². The molecule has 1 aromatic heterocycles. The lowest BCUT2D eigenvalue weighted by Crippen LogP contribution is -2.35. The van der Waals surface area contributed by atoms with Crippen LogP contribution in [-0.2, 0) is 13.0 Å². The second-order valence-electron chi connectivity index (χ2n) is 4.53. The third kappa shape index (κ3) is 2.94. The van der Waals surface area contributed by atoms with E-state index in [9.17, 15) is 9.59 Å². The van der Waals surface area contributed by atoms with E-state index in [1.54, 1.807) is 0 Å². The van der Waals surface area contributed by atoms with Gasteiger partial charge in [-0.05, 0) is 24.1 Å². The molecule has 0 unspecified atom stereocenters. The highest BCUT2D eigenvalue weighted by Crippen LogP contribution is 2.15. The second-order valence-corrected chi connectivity index (χ2v) is 4.53. The summed E-state index contributed by atoms with van der Waals surface area (Å²) in [5.41, 5.74) is 7.28. The number of rotatable bonds is 4. The molecule has 106 valence electrons. The maximum Gasteiger partial charge on any atom is 0.344 e. The van der Waals surface area contributed by atoms with Gasteiger partial charge in [-0.1, -0.05) is 12.1 Å². The summed E-state index contributed by atoms with van der Waals surface area (Å²) in [7, 11) is 0. The summed E-state index contributed by atoms with van der Waals surface area (Å²) in [6.45, 7) is 1.73. The van der Waals surface area contributed by atoms with Crippen molar-refractivity contribution in [2.75, 3.05) is 12.3 Å². The van der Waals surface area contributed by atoms with Gasteiger partial charge in [0.05, 0.1) is 13.2 Å². The van der Waals surface area contributed by atoms with Gasteiger partial charge in [0.15, 0.2) is 0 Å². The molecule has 0 saturated carbocycles. The van der Waals surface area contributed by atoms with Crippen LogP contribution in [0.4, 0.5) is 5.69 Å². The molecule has 0 radical (unpaired) electrons. The number of hydrogen-bond acceptors (Lipinski definition) is 5. The lowest BCUT2D eigenvalue weighted by molar-refractivity contribution is 0.264. The maximum absolute atomic E-state index is 11.7. The Morgan fingerprint density at radius 1 is 1.40 bits per heavy atom. The summed E-state index contributed by atoms with van der Waals surface area (Å²) >= 11 is 0. The fraction of sp³-hybridized carbons (Fsp3) is 0.308. The van der Waals surface area contributed by atoms with Crippen molar-refractivity contribution in [3.8, 4) is 0 Å². The minimum absolute atomic E-state index is 0.0337. The van der Waals surface area contributed by atoms with E-state index < -0.39 is 11.2 Å². The van der Waals surface area contributed by atoms with Crippen molar-refractivity contribution in [1.29, 1.82) is 0 Å². The van der Waals surface area contributed by atoms with Gasteiger partial charge in [-0.15, -0.1) is 0 Å². The normalized spacial score (nSPS) is 10.7. The van der Waals surface area contributed by atoms with Gasteiger partial charge >= 0.3 is 5.69 Å². The molecule has 0 aliphatic carbocycles. The Balaban J connectivity index is 2.40. The highest BCUT2D eigenvalue weighted by molar-refractivity contribution is 5.50. The Hall–Kier alpha value is -2.41. The second kappa shape index (κ2) is 5.70. The van der Waals surface area contributed by atoms with Crippen LogP contribution < -0.4 is 17.0 Å². The van der Waals surface area contributed by atoms with E-state index in [0.29, 0.717) is 5.69 Å². The lowest BCUT2D eigenvalue weighted by atomic mass is 10.1. The molecule has 7 heteroatoms. The third-order valence-corrected chi connectivity index (χ3v) is 2.93. The topological polar surface area (TPSA) is 114 Å². The van der Waals surface area contributed by atoms with Gasteiger partial charge in [0.1, 0.15) is 5.69 Å². The number of nitrogen functional groups attached to an aromatic ring is 1. The molecule has 1 aromatic carbocycles. The van der Waals surface area contributed by atoms with Crippen molar-refractivity contribution in [2.45, 2.75) is 19.9 Å². The SMILES string of the molecule is Cc1ccc(Cc2nn(CCO)c(=O)[nH]c2=O)c(N)c1. The van der Waals surface area contributed by atoms with Crippen LogP contribution in [0.2, 0.25) is 0 Å². The van der Waals surface area contributed by atoms with E-state index >= 15 is 0 Å². The molecule has 2 rings (SSSR count). The van der Waals surface area contributed by atoms with Gasteiger partial charge in [-0.3, -0.25) is 9.78 Å². The first kappa shape index (κ1) is 14.0. The van der Waals surface area contributed by atoms with Crippen LogP contribution in [0.1, 0.15) is 16.8 Å². The van der Waals surface area contributed by atoms with Crippen LogP contribution in [0.3, 0.4) is 0 Å². The van der Waals surface area contributed by atoms with Crippen molar-refractivity contribution in [1.82, 2.24) is 14.8 Å². The van der Waals surface area contributed by atoms with Gasteiger partial charge in [0.2, 0.25) is 0 Å². The number of nitrogens with two attached hydrogens (primary N) is 1. The summed E-state index contributed by atoms with van der Waals surface area (Å²) in [5, 5.41) is 12.8. The van der Waals surface area contributed by atoms with Crippen LogP contribution >= 0.6 is 0 Å². The van der Waals surface area contributed by atoms with E-state index in [1.165, 1.54) is 0 Å². The molecule has 0 aliphatic heterocycles. The first-order chi connectivity index (χ1) is 9.51. The maximum atomic E-state index is 11.7. The first-order valence-corrected chi connectivity index (χ1v) is 6.17. The molecule has 0 spiro atoms. The Bertz CT molecular complexity index is 733. The van der Waals surface area contributed by atoms with E-state index in [-0.39, 0.29) is 25.3 Å². The van der Waals surface area contributed by atoms with Crippen molar-refractivity contribution >= 4 is 5.69 Å². The number of nitrogens with one attached hydrogen (secondary N) is 1. The van der Waals surface area contributed by atoms with E-state index in [2.05, 4.69) is 10.1 Å². The van der Waals surface area contributed by atoms with Crippen molar-refractivity contribution in [2.24, 2.45) is 0 Å². The summed E-state index contributed by atoms with van der Waals surface area (Å²) in [4.78, 5) is 25.4. The van der Waals surface area contributed by atoms with Gasteiger partial charge < -0.3 is 10.8 Å². The average Bonchev–Trinajstić information content (AvgIpc) is 2.38. The van der Waals surface area contributed by atoms with Crippen LogP contribution in [0.25, 0.3) is 0 Å². The number of H-pyrrole nitrogens is 1. The molecular weight excluding hydrogens is 260 g/mol. The molecule has 4 N–H and O–H groups in total. The van der Waals surface area contributed by atoms with Gasteiger partial charge in [-0.25, -0.2) is 9.48 Å². The predicted molar refractivity (Wildman–Crippen MR) is 74.6 cm³/mol. The minimum Gasteiger partial charge on any atom is -0.398 e. The number of hydrogen-bond donors (Lipinski definition) is 3. The molecule has 0 amide bonds. The largest absolute Gasteiger partial charge is 0.398 e. The number of anilines is 1. The molecule has 2 aromatic rings. The number of benzene rings is 1. The Labute approximate surface area is 114 Å². The number of aryl methyl sites for hydroxylation is 1. The van der Waals surface area contributed by atoms with Crippen LogP contribution in [-0.4, -0.2) is 26.5 Å². The Morgan fingerprint density at radius 3 is 2.80 bits per heavy atom. The van der Waals surface area contributed by atoms with Gasteiger partial charge in [0, 0.05) is 12.1 Å². The molecule has 0 aliphatic rings. The average molecular weight is 276 g/mol. The fourth-order valence-electron chi connectivity index (χ4n) is 1.89. The lowest BCUT2D eigenvalue weighted by Gasteiger charge is -2.07. The summed E-state index contributed by atoms with van der Waals surface area (Å²) in [6.07, 6.45) is 0.229. The number of aromatic amines is 1. The molecule has 20 heavy (non-hydrogen) atoms. The highest BCUT2D eigenvalue weighted by Gasteiger charge is 2.09. The molecule has 0 atom stereocenters. The Morgan fingerprint density at radius 2 is 2.15 bits per heavy atom. The molecule has 0 saturated heterocycles. The quantitative estimate of drug-likeness (QED) is 0.645. The number of aliphatic hydroxyl groups excluding tert-OH is 1. The van der Waals surface area contributed by atoms with Gasteiger partial charge in [-0.2, -0.15) is 5.10 Å². The highest BCUT2D eigenvalue weighted by atomic mass is 16.3. The molecule has 0 bridgehead atoms. The zero-order chi connectivity index (χ0) is 14.7. The molecule has 0 fully saturated rings. The number of aliphatic hydroxyl groups is 1. The van der Waals surface area contributed by atoms with E-state index in [4.69, 9.17) is 10.8 Å².